The Morgan fingerprint density at radius 1 is 1.18 bits per heavy atom. The normalized spacial score (nSPS) is 10.3. The minimum atomic E-state index is 0.608. The fourth-order valence-electron chi connectivity index (χ4n) is 1.46. The molecule has 96 valence electrons. The van der Waals surface area contributed by atoms with Crippen molar-refractivity contribution in [2.75, 3.05) is 18.1 Å². The van der Waals surface area contributed by atoms with E-state index in [0.717, 1.165) is 24.5 Å². The predicted molar refractivity (Wildman–Crippen MR) is 80.9 cm³/mol. The Bertz CT molecular complexity index is 331. The number of benzene rings is 1. The van der Waals surface area contributed by atoms with Gasteiger partial charge in [-0.15, -0.1) is 0 Å². The number of unbranched alkanes of at least 4 members (excludes halogenated alkanes) is 3. The SMILES string of the molecule is COc1ccc(OCCCCCCI)c(Cl)c1. The van der Waals surface area contributed by atoms with Gasteiger partial charge >= 0.3 is 0 Å². The van der Waals surface area contributed by atoms with Crippen LogP contribution < -0.4 is 9.47 Å². The van der Waals surface area contributed by atoms with E-state index in [1.54, 1.807) is 13.2 Å². The molecular formula is C13H18ClIO2. The number of rotatable bonds is 8. The van der Waals surface area contributed by atoms with E-state index in [-0.39, 0.29) is 0 Å². The molecule has 1 aromatic carbocycles. The van der Waals surface area contributed by atoms with Crippen LogP contribution in [0.4, 0.5) is 0 Å². The summed E-state index contributed by atoms with van der Waals surface area (Å²) in [7, 11) is 1.62. The van der Waals surface area contributed by atoms with Gasteiger partial charge in [-0.2, -0.15) is 0 Å². The monoisotopic (exact) mass is 368 g/mol. The molecule has 0 aliphatic heterocycles. The van der Waals surface area contributed by atoms with Gasteiger partial charge < -0.3 is 9.47 Å². The van der Waals surface area contributed by atoms with Gasteiger partial charge in [-0.25, -0.2) is 0 Å². The first-order valence-corrected chi connectivity index (χ1v) is 7.70. The molecule has 0 radical (unpaired) electrons. The lowest BCUT2D eigenvalue weighted by Crippen LogP contribution is -1.98. The van der Waals surface area contributed by atoms with Crippen LogP contribution in [0.25, 0.3) is 0 Å². The molecule has 0 aliphatic carbocycles. The molecule has 17 heavy (non-hydrogen) atoms. The zero-order valence-corrected chi connectivity index (χ0v) is 13.0. The molecule has 0 amide bonds. The van der Waals surface area contributed by atoms with Crippen molar-refractivity contribution in [3.05, 3.63) is 23.2 Å². The maximum Gasteiger partial charge on any atom is 0.138 e. The van der Waals surface area contributed by atoms with Gasteiger partial charge in [0.15, 0.2) is 0 Å². The van der Waals surface area contributed by atoms with Gasteiger partial charge in [-0.1, -0.05) is 47.0 Å². The average molecular weight is 369 g/mol. The van der Waals surface area contributed by atoms with Crippen molar-refractivity contribution in [3.8, 4) is 11.5 Å². The van der Waals surface area contributed by atoms with E-state index in [0.29, 0.717) is 5.02 Å². The quantitative estimate of drug-likeness (QED) is 0.375. The van der Waals surface area contributed by atoms with Gasteiger partial charge in [-0.05, 0) is 29.4 Å². The Hall–Kier alpha value is -0.160. The van der Waals surface area contributed by atoms with Crippen molar-refractivity contribution >= 4 is 34.2 Å². The highest BCUT2D eigenvalue weighted by molar-refractivity contribution is 14.1. The van der Waals surface area contributed by atoms with Gasteiger partial charge in [0.2, 0.25) is 0 Å². The number of hydrogen-bond donors (Lipinski definition) is 0. The van der Waals surface area contributed by atoms with E-state index < -0.39 is 0 Å². The Morgan fingerprint density at radius 3 is 2.59 bits per heavy atom. The summed E-state index contributed by atoms with van der Waals surface area (Å²) in [5.41, 5.74) is 0. The van der Waals surface area contributed by atoms with E-state index in [4.69, 9.17) is 21.1 Å². The third kappa shape index (κ3) is 5.82. The standard InChI is InChI=1S/C13H18ClIO2/c1-16-11-6-7-13(12(14)10-11)17-9-5-3-2-4-8-15/h6-7,10H,2-5,8-9H2,1H3. The first-order valence-electron chi connectivity index (χ1n) is 5.80. The highest BCUT2D eigenvalue weighted by atomic mass is 127. The molecule has 0 spiro atoms. The molecule has 0 bridgehead atoms. The van der Waals surface area contributed by atoms with Crippen LogP contribution in [0.15, 0.2) is 18.2 Å². The van der Waals surface area contributed by atoms with Crippen LogP contribution in [-0.4, -0.2) is 18.1 Å². The van der Waals surface area contributed by atoms with Gasteiger partial charge in [0.1, 0.15) is 11.5 Å². The molecule has 0 unspecified atom stereocenters. The summed E-state index contributed by atoms with van der Waals surface area (Å²) in [6, 6.07) is 5.48. The molecule has 0 heterocycles. The Labute approximate surface area is 122 Å². The minimum absolute atomic E-state index is 0.608. The molecule has 0 atom stereocenters. The average Bonchev–Trinajstić information content (AvgIpc) is 2.35. The molecule has 0 aliphatic rings. The van der Waals surface area contributed by atoms with E-state index >= 15 is 0 Å². The van der Waals surface area contributed by atoms with E-state index in [9.17, 15) is 0 Å². The lowest BCUT2D eigenvalue weighted by Gasteiger charge is -2.09. The molecule has 0 N–H and O–H groups in total. The van der Waals surface area contributed by atoms with Crippen LogP contribution in [0.3, 0.4) is 0 Å². The molecule has 1 rings (SSSR count). The molecule has 0 fully saturated rings. The van der Waals surface area contributed by atoms with Crippen LogP contribution in [0.5, 0.6) is 11.5 Å². The third-order valence-corrected chi connectivity index (χ3v) is 3.48. The van der Waals surface area contributed by atoms with Crippen LogP contribution in [-0.2, 0) is 0 Å². The summed E-state index contributed by atoms with van der Waals surface area (Å²) in [4.78, 5) is 0. The Morgan fingerprint density at radius 2 is 1.94 bits per heavy atom. The second-order valence-electron chi connectivity index (χ2n) is 3.75. The number of alkyl halides is 1. The maximum atomic E-state index is 6.06. The number of hydrogen-bond acceptors (Lipinski definition) is 2. The summed E-state index contributed by atoms with van der Waals surface area (Å²) in [6.07, 6.45) is 4.88. The summed E-state index contributed by atoms with van der Waals surface area (Å²) < 4.78 is 11.9. The highest BCUT2D eigenvalue weighted by Gasteiger charge is 2.02. The largest absolute Gasteiger partial charge is 0.497 e. The maximum absolute atomic E-state index is 6.06. The van der Waals surface area contributed by atoms with Gasteiger partial charge in [0.05, 0.1) is 18.7 Å². The highest BCUT2D eigenvalue weighted by Crippen LogP contribution is 2.28. The van der Waals surface area contributed by atoms with Crippen molar-refractivity contribution in [1.29, 1.82) is 0 Å². The molecule has 0 aromatic heterocycles. The van der Waals surface area contributed by atoms with Crippen molar-refractivity contribution in [2.45, 2.75) is 25.7 Å². The summed E-state index contributed by atoms with van der Waals surface area (Å²) in [5.74, 6) is 1.49. The van der Waals surface area contributed by atoms with E-state index in [2.05, 4.69) is 22.6 Å². The fourth-order valence-corrected chi connectivity index (χ4v) is 2.22. The smallest absolute Gasteiger partial charge is 0.138 e. The number of methoxy groups -OCH3 is 1. The zero-order chi connectivity index (χ0) is 12.5. The minimum Gasteiger partial charge on any atom is -0.497 e. The third-order valence-electron chi connectivity index (χ3n) is 2.42. The lowest BCUT2D eigenvalue weighted by molar-refractivity contribution is 0.304. The van der Waals surface area contributed by atoms with Crippen molar-refractivity contribution in [1.82, 2.24) is 0 Å². The molecule has 0 saturated carbocycles. The fraction of sp³-hybridized carbons (Fsp3) is 0.538. The molecular weight excluding hydrogens is 350 g/mol. The van der Waals surface area contributed by atoms with Crippen LogP contribution >= 0.6 is 34.2 Å². The molecule has 1 aromatic rings. The van der Waals surface area contributed by atoms with Gasteiger partial charge in [0.25, 0.3) is 0 Å². The first-order chi connectivity index (χ1) is 8.27. The lowest BCUT2D eigenvalue weighted by atomic mass is 10.2. The summed E-state index contributed by atoms with van der Waals surface area (Å²) >= 11 is 8.47. The van der Waals surface area contributed by atoms with E-state index in [1.165, 1.54) is 23.7 Å². The number of halogens is 2. The summed E-state index contributed by atoms with van der Waals surface area (Å²) in [6.45, 7) is 0.729. The zero-order valence-electron chi connectivity index (χ0n) is 10.0. The van der Waals surface area contributed by atoms with Crippen LogP contribution in [0, 0.1) is 0 Å². The van der Waals surface area contributed by atoms with Gasteiger partial charge in [-0.3, -0.25) is 0 Å². The summed E-state index contributed by atoms with van der Waals surface area (Å²) in [5, 5.41) is 0.608. The van der Waals surface area contributed by atoms with Crippen molar-refractivity contribution in [3.63, 3.8) is 0 Å². The first kappa shape index (κ1) is 14.9. The van der Waals surface area contributed by atoms with Crippen molar-refractivity contribution in [2.24, 2.45) is 0 Å². The molecule has 0 saturated heterocycles. The molecule has 4 heteroatoms. The van der Waals surface area contributed by atoms with Crippen LogP contribution in [0.2, 0.25) is 5.02 Å². The second-order valence-corrected chi connectivity index (χ2v) is 5.23. The van der Waals surface area contributed by atoms with Gasteiger partial charge in [0, 0.05) is 6.07 Å². The predicted octanol–water partition coefficient (Wildman–Crippen LogP) is 4.72. The second kappa shape index (κ2) is 8.86. The number of ether oxygens (including phenoxy) is 2. The van der Waals surface area contributed by atoms with Crippen molar-refractivity contribution < 1.29 is 9.47 Å². The van der Waals surface area contributed by atoms with Crippen LogP contribution in [0.1, 0.15) is 25.7 Å². The molecule has 2 nitrogen and oxygen atoms in total. The Kier molecular flexibility index (Phi) is 7.77. The van der Waals surface area contributed by atoms with E-state index in [1.807, 2.05) is 12.1 Å². The topological polar surface area (TPSA) is 18.5 Å². The Balaban J connectivity index is 2.27.